The Labute approximate surface area is 284 Å². The summed E-state index contributed by atoms with van der Waals surface area (Å²) >= 11 is 6.26. The summed E-state index contributed by atoms with van der Waals surface area (Å²) in [5.41, 5.74) is 4.69. The first-order valence-corrected chi connectivity index (χ1v) is 17.0. The van der Waals surface area contributed by atoms with Crippen molar-refractivity contribution in [2.24, 2.45) is 0 Å². The van der Waals surface area contributed by atoms with Crippen LogP contribution < -0.4 is 20.3 Å². The minimum absolute atomic E-state index is 0.170. The fourth-order valence-corrected chi connectivity index (χ4v) is 6.76. The number of ether oxygens (including phenoxy) is 1. The summed E-state index contributed by atoms with van der Waals surface area (Å²) in [7, 11) is 0. The van der Waals surface area contributed by atoms with Gasteiger partial charge in [-0.25, -0.2) is 9.48 Å². The van der Waals surface area contributed by atoms with Gasteiger partial charge in [-0.2, -0.15) is 5.10 Å². The minimum atomic E-state index is -0.338. The number of urea groups is 1. The van der Waals surface area contributed by atoms with E-state index in [0.717, 1.165) is 66.5 Å². The molecule has 0 unspecified atom stereocenters. The highest BCUT2D eigenvalue weighted by molar-refractivity contribution is 6.31. The Balaban J connectivity index is 1.09. The maximum atomic E-state index is 13.6. The van der Waals surface area contributed by atoms with E-state index in [0.29, 0.717) is 28.5 Å². The summed E-state index contributed by atoms with van der Waals surface area (Å²) in [5, 5.41) is 30.2. The van der Waals surface area contributed by atoms with Gasteiger partial charge < -0.3 is 20.1 Å². The molecule has 48 heavy (non-hydrogen) atoms. The third-order valence-electron chi connectivity index (χ3n) is 9.18. The molecule has 0 bridgehead atoms. The number of nitrogens with one attached hydrogen (secondary N) is 2. The molecule has 0 saturated carbocycles. The number of carbonyl (C=O) groups is 1. The third kappa shape index (κ3) is 6.44. The molecule has 1 aliphatic heterocycles. The number of rotatable bonds is 7. The molecule has 3 aromatic heterocycles. The number of anilines is 2. The van der Waals surface area contributed by atoms with Crippen molar-refractivity contribution < 1.29 is 14.6 Å². The van der Waals surface area contributed by atoms with E-state index in [1.54, 1.807) is 16.8 Å². The van der Waals surface area contributed by atoms with Crippen molar-refractivity contribution in [1.82, 2.24) is 29.7 Å². The van der Waals surface area contributed by atoms with Gasteiger partial charge in [0.25, 0.3) is 0 Å². The number of pyridine rings is 1. The van der Waals surface area contributed by atoms with Gasteiger partial charge in [-0.3, -0.25) is 9.72 Å². The van der Waals surface area contributed by atoms with Crippen LogP contribution in [-0.4, -0.2) is 48.6 Å². The average Bonchev–Trinajstić information content (AvgIpc) is 3.71. The number of aromatic nitrogens is 5. The lowest BCUT2D eigenvalue weighted by atomic mass is 9.85. The number of aliphatic hydroxyl groups is 1. The standard InChI is InChI=1S/C36H41ClN8O3/c1-36(2,3)31-20-33(45(42-31)24-11-13-28(37)23(19-24)22-46)39-34(47)38-29-14-15-30(27-10-6-5-9-26(27)29)48-25-12-16-32-40-41-35(44(32)21-25)43-17-7-4-8-18-43/h5-6,9-13,16,19-21,29-30,46H,4,7-8,14-15,17-18,22H2,1-3H3,(H2,38,39,47)/t29-,30+/m0/s1. The number of piperidine rings is 1. The molecule has 1 saturated heterocycles. The molecular weight excluding hydrogens is 628 g/mol. The second kappa shape index (κ2) is 13.1. The first kappa shape index (κ1) is 32.0. The van der Waals surface area contributed by atoms with Crippen LogP contribution in [0, 0.1) is 0 Å². The minimum Gasteiger partial charge on any atom is -0.484 e. The topological polar surface area (TPSA) is 122 Å². The summed E-state index contributed by atoms with van der Waals surface area (Å²) in [5.74, 6) is 2.12. The average molecular weight is 669 g/mol. The molecule has 250 valence electrons. The monoisotopic (exact) mass is 668 g/mol. The first-order valence-electron chi connectivity index (χ1n) is 16.6. The number of aliphatic hydroxyl groups excluding tert-OH is 1. The molecule has 2 aromatic carbocycles. The largest absolute Gasteiger partial charge is 0.484 e. The highest BCUT2D eigenvalue weighted by atomic mass is 35.5. The van der Waals surface area contributed by atoms with Crippen LogP contribution >= 0.6 is 11.6 Å². The van der Waals surface area contributed by atoms with E-state index in [-0.39, 0.29) is 30.2 Å². The number of amides is 2. The van der Waals surface area contributed by atoms with Crippen molar-refractivity contribution in [3.63, 3.8) is 0 Å². The second-order valence-corrected chi connectivity index (χ2v) is 14.0. The van der Waals surface area contributed by atoms with E-state index >= 15 is 0 Å². The van der Waals surface area contributed by atoms with Gasteiger partial charge in [0, 0.05) is 29.6 Å². The van der Waals surface area contributed by atoms with E-state index in [9.17, 15) is 9.90 Å². The van der Waals surface area contributed by atoms with Crippen LogP contribution in [0.1, 0.15) is 87.4 Å². The highest BCUT2D eigenvalue weighted by Crippen LogP contribution is 2.39. The Morgan fingerprint density at radius 3 is 2.56 bits per heavy atom. The Morgan fingerprint density at radius 1 is 1.00 bits per heavy atom. The molecule has 0 radical (unpaired) electrons. The van der Waals surface area contributed by atoms with Gasteiger partial charge in [0.2, 0.25) is 5.95 Å². The fraction of sp³-hybridized carbons (Fsp3) is 0.389. The van der Waals surface area contributed by atoms with Crippen molar-refractivity contribution in [3.05, 3.63) is 94.3 Å². The number of halogens is 1. The van der Waals surface area contributed by atoms with Crippen molar-refractivity contribution in [2.45, 2.75) is 77.0 Å². The molecule has 12 heteroatoms. The molecule has 4 heterocycles. The van der Waals surface area contributed by atoms with Crippen LogP contribution in [0.25, 0.3) is 11.3 Å². The number of carbonyl (C=O) groups excluding carboxylic acids is 1. The number of benzene rings is 2. The lowest BCUT2D eigenvalue weighted by molar-refractivity contribution is 0.171. The SMILES string of the molecule is CC(C)(C)c1cc(NC(=O)N[C@H]2CC[C@@H](Oc3ccc4nnc(N5CCCCC5)n4c3)c3ccccc32)n(-c2ccc(Cl)c(CO)c2)n1. The maximum absolute atomic E-state index is 13.6. The summed E-state index contributed by atoms with van der Waals surface area (Å²) < 4.78 is 10.3. The van der Waals surface area contributed by atoms with Crippen molar-refractivity contribution in [2.75, 3.05) is 23.3 Å². The van der Waals surface area contributed by atoms with Crippen LogP contribution in [0.15, 0.2) is 66.9 Å². The lowest BCUT2D eigenvalue weighted by Gasteiger charge is -2.32. The van der Waals surface area contributed by atoms with Crippen LogP contribution in [0.5, 0.6) is 5.75 Å². The predicted molar refractivity (Wildman–Crippen MR) is 186 cm³/mol. The van der Waals surface area contributed by atoms with Gasteiger partial charge in [-0.1, -0.05) is 56.6 Å². The van der Waals surface area contributed by atoms with Gasteiger partial charge in [0.1, 0.15) is 17.7 Å². The maximum Gasteiger partial charge on any atom is 0.320 e. The van der Waals surface area contributed by atoms with Crippen LogP contribution in [0.3, 0.4) is 0 Å². The zero-order valence-corrected chi connectivity index (χ0v) is 28.2. The van der Waals surface area contributed by atoms with E-state index in [2.05, 4.69) is 58.6 Å². The summed E-state index contributed by atoms with van der Waals surface area (Å²) in [6, 6.07) is 18.7. The summed E-state index contributed by atoms with van der Waals surface area (Å²) in [6.07, 6.45) is 6.81. The molecular formula is C36H41ClN8O3. The quantitative estimate of drug-likeness (QED) is 0.169. The van der Waals surface area contributed by atoms with Crippen molar-refractivity contribution in [3.8, 4) is 11.4 Å². The summed E-state index contributed by atoms with van der Waals surface area (Å²) in [4.78, 5) is 15.9. The normalized spacial score (nSPS) is 18.1. The number of nitrogens with zero attached hydrogens (tertiary/aromatic N) is 6. The Hall–Kier alpha value is -4.61. The molecule has 7 rings (SSSR count). The molecule has 1 fully saturated rings. The van der Waals surface area contributed by atoms with Crippen molar-refractivity contribution in [1.29, 1.82) is 0 Å². The molecule has 1 aliphatic carbocycles. The van der Waals surface area contributed by atoms with Gasteiger partial charge in [-0.15, -0.1) is 10.2 Å². The van der Waals surface area contributed by atoms with E-state index in [1.807, 2.05) is 47.0 Å². The Kier molecular flexibility index (Phi) is 8.74. The van der Waals surface area contributed by atoms with Gasteiger partial charge >= 0.3 is 6.03 Å². The fourth-order valence-electron chi connectivity index (χ4n) is 6.58. The molecule has 2 aliphatic rings. The Bertz CT molecular complexity index is 1940. The molecule has 2 atom stereocenters. The van der Waals surface area contributed by atoms with Crippen molar-refractivity contribution >= 4 is 35.0 Å². The number of fused-ring (bicyclic) bond motifs is 2. The lowest BCUT2D eigenvalue weighted by Crippen LogP contribution is -2.36. The van der Waals surface area contributed by atoms with Crippen LogP contribution in [-0.2, 0) is 12.0 Å². The molecule has 3 N–H and O–H groups in total. The zero-order valence-electron chi connectivity index (χ0n) is 27.5. The number of hydrogen-bond donors (Lipinski definition) is 3. The smallest absolute Gasteiger partial charge is 0.320 e. The summed E-state index contributed by atoms with van der Waals surface area (Å²) in [6.45, 7) is 7.97. The predicted octanol–water partition coefficient (Wildman–Crippen LogP) is 7.13. The van der Waals surface area contributed by atoms with Crippen LogP contribution in [0.2, 0.25) is 5.02 Å². The van der Waals surface area contributed by atoms with Gasteiger partial charge in [-0.05, 0) is 79.1 Å². The molecule has 11 nitrogen and oxygen atoms in total. The first-order chi connectivity index (χ1) is 23.2. The van der Waals surface area contributed by atoms with E-state index in [4.69, 9.17) is 21.4 Å². The van der Waals surface area contributed by atoms with E-state index < -0.39 is 0 Å². The van der Waals surface area contributed by atoms with Crippen LogP contribution in [0.4, 0.5) is 16.6 Å². The molecule has 5 aromatic rings. The van der Waals surface area contributed by atoms with Gasteiger partial charge in [0.15, 0.2) is 5.65 Å². The third-order valence-corrected chi connectivity index (χ3v) is 9.55. The molecule has 0 spiro atoms. The Morgan fingerprint density at radius 2 is 1.79 bits per heavy atom. The second-order valence-electron chi connectivity index (χ2n) is 13.6. The molecule has 2 amide bonds. The van der Waals surface area contributed by atoms with E-state index in [1.165, 1.54) is 6.42 Å². The number of hydrogen-bond acceptors (Lipinski definition) is 7. The highest BCUT2D eigenvalue weighted by Gasteiger charge is 2.30. The van der Waals surface area contributed by atoms with Gasteiger partial charge in [0.05, 0.1) is 30.2 Å². The zero-order chi connectivity index (χ0) is 33.4.